The third kappa shape index (κ3) is 2.01. The number of amides is 1. The number of benzene rings is 2. The fourth-order valence-electron chi connectivity index (χ4n) is 2.77. The van der Waals surface area contributed by atoms with E-state index in [2.05, 4.69) is 0 Å². The molecule has 0 unspecified atom stereocenters. The molecule has 0 radical (unpaired) electrons. The van der Waals surface area contributed by atoms with E-state index in [0.717, 1.165) is 11.3 Å². The summed E-state index contributed by atoms with van der Waals surface area (Å²) in [7, 11) is 0. The third-order valence-electron chi connectivity index (χ3n) is 3.65. The van der Waals surface area contributed by atoms with Gasteiger partial charge in [0.25, 0.3) is 0 Å². The van der Waals surface area contributed by atoms with Gasteiger partial charge >= 0.3 is 0 Å². The molecule has 0 fully saturated rings. The molecule has 0 saturated heterocycles. The number of fused-ring (bicyclic) bond motifs is 1. The van der Waals surface area contributed by atoms with Crippen LogP contribution < -0.4 is 4.90 Å². The van der Waals surface area contributed by atoms with Crippen LogP contribution in [0.3, 0.4) is 0 Å². The maximum absolute atomic E-state index is 12.5. The Morgan fingerprint density at radius 1 is 1.05 bits per heavy atom. The van der Waals surface area contributed by atoms with Crippen LogP contribution in [-0.4, -0.2) is 17.7 Å². The molecule has 0 saturated carbocycles. The lowest BCUT2D eigenvalue weighted by Crippen LogP contribution is -2.40. The first kappa shape index (κ1) is 12.6. The third-order valence-corrected chi connectivity index (χ3v) is 3.65. The van der Waals surface area contributed by atoms with Crippen LogP contribution in [0.2, 0.25) is 0 Å². The van der Waals surface area contributed by atoms with Crippen molar-refractivity contribution in [2.24, 2.45) is 0 Å². The minimum absolute atomic E-state index is 0.0275. The van der Waals surface area contributed by atoms with Crippen molar-refractivity contribution in [3.63, 3.8) is 0 Å². The Balaban J connectivity index is 1.99. The molecule has 1 aliphatic rings. The average Bonchev–Trinajstić information content (AvgIpc) is 2.74. The van der Waals surface area contributed by atoms with E-state index in [1.54, 1.807) is 11.0 Å². The molecule has 0 N–H and O–H groups in total. The van der Waals surface area contributed by atoms with Gasteiger partial charge in [-0.05, 0) is 17.7 Å². The zero-order chi connectivity index (χ0) is 14.1. The quantitative estimate of drug-likeness (QED) is 0.837. The predicted octanol–water partition coefficient (Wildman–Crippen LogP) is 2.85. The van der Waals surface area contributed by atoms with Gasteiger partial charge in [0.2, 0.25) is 5.91 Å². The summed E-state index contributed by atoms with van der Waals surface area (Å²) >= 11 is 0. The fraction of sp³-hybridized carbons (Fsp3) is 0.176. The zero-order valence-electron chi connectivity index (χ0n) is 11.2. The monoisotopic (exact) mass is 265 g/mol. The van der Waals surface area contributed by atoms with Crippen LogP contribution in [0.5, 0.6) is 0 Å². The van der Waals surface area contributed by atoms with Gasteiger partial charge in [-0.25, -0.2) is 0 Å². The molecule has 1 atom stereocenters. The Labute approximate surface area is 117 Å². The highest BCUT2D eigenvalue weighted by molar-refractivity contribution is 6.17. The largest absolute Gasteiger partial charge is 0.301 e. The topological polar surface area (TPSA) is 37.4 Å². The molecule has 0 bridgehead atoms. The standard InChI is InChI=1S/C17H15NO2/c1-12(19)18-15-10-6-5-9-14(15)17(20)16(18)11-13-7-3-2-4-8-13/h2-10,16H,11H2,1H3/t16-/m1/s1. The Morgan fingerprint density at radius 3 is 2.40 bits per heavy atom. The number of Topliss-reactive ketones (excluding diaryl/α,β-unsaturated/α-hetero) is 1. The predicted molar refractivity (Wildman–Crippen MR) is 77.9 cm³/mol. The number of carbonyl (C=O) groups excluding carboxylic acids is 2. The van der Waals surface area contributed by atoms with Crippen LogP contribution in [0, 0.1) is 0 Å². The summed E-state index contributed by atoms with van der Waals surface area (Å²) in [5.41, 5.74) is 2.43. The molecule has 100 valence electrons. The summed E-state index contributed by atoms with van der Waals surface area (Å²) in [4.78, 5) is 26.1. The molecular weight excluding hydrogens is 250 g/mol. The number of hydrogen-bond donors (Lipinski definition) is 0. The molecule has 3 heteroatoms. The lowest BCUT2D eigenvalue weighted by atomic mass is 10.0. The molecular formula is C17H15NO2. The van der Waals surface area contributed by atoms with E-state index in [-0.39, 0.29) is 11.7 Å². The minimum atomic E-state index is -0.424. The minimum Gasteiger partial charge on any atom is -0.301 e. The van der Waals surface area contributed by atoms with Crippen LogP contribution in [0.25, 0.3) is 0 Å². The van der Waals surface area contributed by atoms with Crippen molar-refractivity contribution in [2.75, 3.05) is 4.90 Å². The lowest BCUT2D eigenvalue weighted by molar-refractivity contribution is -0.116. The molecule has 3 nitrogen and oxygen atoms in total. The Kier molecular flexibility index (Phi) is 3.11. The summed E-state index contributed by atoms with van der Waals surface area (Å²) in [6.07, 6.45) is 0.550. The molecule has 0 spiro atoms. The smallest absolute Gasteiger partial charge is 0.224 e. The van der Waals surface area contributed by atoms with Crippen molar-refractivity contribution in [1.29, 1.82) is 0 Å². The molecule has 3 rings (SSSR count). The fourth-order valence-corrected chi connectivity index (χ4v) is 2.77. The van der Waals surface area contributed by atoms with E-state index in [1.165, 1.54) is 6.92 Å². The van der Waals surface area contributed by atoms with Crippen molar-refractivity contribution < 1.29 is 9.59 Å². The van der Waals surface area contributed by atoms with Crippen LogP contribution >= 0.6 is 0 Å². The molecule has 0 aromatic heterocycles. The first-order valence-corrected chi connectivity index (χ1v) is 6.65. The maximum atomic E-state index is 12.5. The molecule has 2 aromatic rings. The summed E-state index contributed by atoms with van der Waals surface area (Å²) < 4.78 is 0. The van der Waals surface area contributed by atoms with Gasteiger partial charge in [0.1, 0.15) is 6.04 Å². The first-order valence-electron chi connectivity index (χ1n) is 6.65. The molecule has 0 aliphatic carbocycles. The number of nitrogens with zero attached hydrogens (tertiary/aromatic N) is 1. The van der Waals surface area contributed by atoms with E-state index in [4.69, 9.17) is 0 Å². The van der Waals surface area contributed by atoms with E-state index >= 15 is 0 Å². The summed E-state index contributed by atoms with van der Waals surface area (Å²) in [5.74, 6) is -0.0658. The molecule has 1 aliphatic heterocycles. The lowest BCUT2D eigenvalue weighted by Gasteiger charge is -2.22. The highest BCUT2D eigenvalue weighted by Crippen LogP contribution is 2.33. The van der Waals surface area contributed by atoms with Gasteiger partial charge in [0, 0.05) is 18.9 Å². The second kappa shape index (κ2) is 4.93. The summed E-state index contributed by atoms with van der Waals surface area (Å²) in [5, 5.41) is 0. The van der Waals surface area contributed by atoms with Crippen LogP contribution in [0.15, 0.2) is 54.6 Å². The molecule has 2 aromatic carbocycles. The van der Waals surface area contributed by atoms with Gasteiger partial charge in [-0.3, -0.25) is 9.59 Å². The summed E-state index contributed by atoms with van der Waals surface area (Å²) in [6, 6.07) is 16.7. The van der Waals surface area contributed by atoms with Crippen molar-refractivity contribution >= 4 is 17.4 Å². The highest BCUT2D eigenvalue weighted by Gasteiger charge is 2.38. The van der Waals surface area contributed by atoms with Crippen molar-refractivity contribution in [3.8, 4) is 0 Å². The normalized spacial score (nSPS) is 17.1. The Bertz CT molecular complexity index is 664. The second-order valence-corrected chi connectivity index (χ2v) is 4.98. The Hall–Kier alpha value is -2.42. The van der Waals surface area contributed by atoms with E-state index in [0.29, 0.717) is 12.0 Å². The van der Waals surface area contributed by atoms with Crippen molar-refractivity contribution in [2.45, 2.75) is 19.4 Å². The van der Waals surface area contributed by atoms with Crippen LogP contribution in [-0.2, 0) is 11.2 Å². The van der Waals surface area contributed by atoms with Gasteiger partial charge in [-0.2, -0.15) is 0 Å². The van der Waals surface area contributed by atoms with E-state index < -0.39 is 6.04 Å². The van der Waals surface area contributed by atoms with Gasteiger partial charge in [-0.1, -0.05) is 42.5 Å². The average molecular weight is 265 g/mol. The van der Waals surface area contributed by atoms with Crippen LogP contribution in [0.1, 0.15) is 22.8 Å². The number of ketones is 1. The van der Waals surface area contributed by atoms with Crippen molar-refractivity contribution in [3.05, 3.63) is 65.7 Å². The summed E-state index contributed by atoms with van der Waals surface area (Å²) in [6.45, 7) is 1.51. The van der Waals surface area contributed by atoms with Crippen LogP contribution in [0.4, 0.5) is 5.69 Å². The molecule has 1 amide bonds. The van der Waals surface area contributed by atoms with Gasteiger partial charge in [0.15, 0.2) is 5.78 Å². The van der Waals surface area contributed by atoms with Gasteiger partial charge in [0.05, 0.1) is 5.69 Å². The number of hydrogen-bond acceptors (Lipinski definition) is 2. The van der Waals surface area contributed by atoms with Gasteiger partial charge < -0.3 is 4.90 Å². The number of carbonyl (C=O) groups is 2. The number of rotatable bonds is 2. The zero-order valence-corrected chi connectivity index (χ0v) is 11.2. The molecule has 1 heterocycles. The van der Waals surface area contributed by atoms with Crippen molar-refractivity contribution in [1.82, 2.24) is 0 Å². The van der Waals surface area contributed by atoms with Gasteiger partial charge in [-0.15, -0.1) is 0 Å². The first-order chi connectivity index (χ1) is 9.68. The molecule has 20 heavy (non-hydrogen) atoms. The van der Waals surface area contributed by atoms with E-state index in [9.17, 15) is 9.59 Å². The second-order valence-electron chi connectivity index (χ2n) is 4.98. The number of para-hydroxylation sites is 1. The Morgan fingerprint density at radius 2 is 1.70 bits per heavy atom. The maximum Gasteiger partial charge on any atom is 0.224 e. The highest BCUT2D eigenvalue weighted by atomic mass is 16.2. The number of anilines is 1. The SMILES string of the molecule is CC(=O)N1c2ccccc2C(=O)[C@H]1Cc1ccccc1. The van der Waals surface area contributed by atoms with E-state index in [1.807, 2.05) is 48.5 Å².